The Morgan fingerprint density at radius 2 is 2.12 bits per heavy atom. The lowest BCUT2D eigenvalue weighted by Gasteiger charge is -2.11. The lowest BCUT2D eigenvalue weighted by Crippen LogP contribution is -2.14. The van der Waals surface area contributed by atoms with Crippen molar-refractivity contribution in [2.24, 2.45) is 0 Å². The zero-order chi connectivity index (χ0) is 12.1. The van der Waals surface area contributed by atoms with E-state index >= 15 is 0 Å². The van der Waals surface area contributed by atoms with Gasteiger partial charge in [0.2, 0.25) is 0 Å². The summed E-state index contributed by atoms with van der Waals surface area (Å²) in [7, 11) is 4.15. The molecular weight excluding hydrogens is 286 g/mol. The largest absolute Gasteiger partial charge is 0.389 e. The van der Waals surface area contributed by atoms with Crippen LogP contribution in [0.4, 0.5) is 0 Å². The van der Waals surface area contributed by atoms with Crippen molar-refractivity contribution in [3.8, 4) is 0 Å². The van der Waals surface area contributed by atoms with Gasteiger partial charge in [-0.05, 0) is 54.6 Å². The molecule has 4 heteroatoms. The van der Waals surface area contributed by atoms with Crippen LogP contribution >= 0.6 is 27.7 Å². The van der Waals surface area contributed by atoms with Crippen LogP contribution < -0.4 is 0 Å². The summed E-state index contributed by atoms with van der Waals surface area (Å²) in [6.45, 7) is 2.84. The Labute approximate surface area is 110 Å². The number of benzene rings is 1. The minimum absolute atomic E-state index is 0.405. The third-order valence-electron chi connectivity index (χ3n) is 2.23. The molecule has 0 spiro atoms. The van der Waals surface area contributed by atoms with Crippen LogP contribution in [0.2, 0.25) is 0 Å². The van der Waals surface area contributed by atoms with Crippen molar-refractivity contribution >= 4 is 27.7 Å². The van der Waals surface area contributed by atoms with Crippen LogP contribution in [-0.4, -0.2) is 36.4 Å². The number of aliphatic hydroxyl groups is 1. The van der Waals surface area contributed by atoms with Gasteiger partial charge in [-0.2, -0.15) is 0 Å². The number of rotatable bonds is 5. The van der Waals surface area contributed by atoms with Gasteiger partial charge in [-0.25, -0.2) is 0 Å². The summed E-state index contributed by atoms with van der Waals surface area (Å²) in [5, 5.41) is 9.45. The molecule has 0 aliphatic rings. The predicted molar refractivity (Wildman–Crippen MR) is 74.1 cm³/mol. The minimum Gasteiger partial charge on any atom is -0.389 e. The predicted octanol–water partition coefficient (Wildman–Crippen LogP) is 3.16. The van der Waals surface area contributed by atoms with E-state index in [9.17, 15) is 5.11 Å². The Kier molecular flexibility index (Phi) is 5.83. The fraction of sp³-hybridized carbons (Fsp3) is 0.500. The third kappa shape index (κ3) is 4.45. The first-order chi connectivity index (χ1) is 7.50. The van der Waals surface area contributed by atoms with Crippen molar-refractivity contribution in [1.82, 2.24) is 4.90 Å². The molecule has 0 aliphatic carbocycles. The number of halogens is 1. The molecule has 0 aliphatic heterocycles. The van der Waals surface area contributed by atoms with Crippen molar-refractivity contribution < 1.29 is 5.11 Å². The minimum atomic E-state index is -0.405. The van der Waals surface area contributed by atoms with E-state index in [1.54, 1.807) is 6.92 Å². The molecule has 0 radical (unpaired) electrons. The molecule has 2 nitrogen and oxygen atoms in total. The highest BCUT2D eigenvalue weighted by Crippen LogP contribution is 2.29. The van der Waals surface area contributed by atoms with Gasteiger partial charge in [0.1, 0.15) is 0 Å². The maximum Gasteiger partial charge on any atom is 0.0762 e. The van der Waals surface area contributed by atoms with Crippen LogP contribution in [0.3, 0.4) is 0 Å². The van der Waals surface area contributed by atoms with Gasteiger partial charge in [-0.1, -0.05) is 6.07 Å². The lowest BCUT2D eigenvalue weighted by atomic mass is 10.1. The molecule has 16 heavy (non-hydrogen) atoms. The quantitative estimate of drug-likeness (QED) is 0.845. The summed E-state index contributed by atoms with van der Waals surface area (Å²) < 4.78 is 1.06. The Bertz CT molecular complexity index is 342. The monoisotopic (exact) mass is 303 g/mol. The van der Waals surface area contributed by atoms with E-state index < -0.39 is 6.10 Å². The van der Waals surface area contributed by atoms with Crippen LogP contribution in [0.5, 0.6) is 0 Å². The first-order valence-corrected chi connectivity index (χ1v) is 7.03. The first-order valence-electron chi connectivity index (χ1n) is 5.25. The highest BCUT2D eigenvalue weighted by atomic mass is 79.9. The van der Waals surface area contributed by atoms with Crippen molar-refractivity contribution in [3.05, 3.63) is 28.2 Å². The zero-order valence-corrected chi connectivity index (χ0v) is 12.3. The van der Waals surface area contributed by atoms with E-state index in [2.05, 4.69) is 41.0 Å². The molecule has 1 atom stereocenters. The molecule has 0 amide bonds. The second-order valence-corrected chi connectivity index (χ2v) is 6.01. The van der Waals surface area contributed by atoms with E-state index in [4.69, 9.17) is 0 Å². The molecule has 1 unspecified atom stereocenters. The molecule has 1 aromatic rings. The molecule has 0 saturated carbocycles. The van der Waals surface area contributed by atoms with Gasteiger partial charge >= 0.3 is 0 Å². The maximum atomic E-state index is 9.45. The molecular formula is C12H18BrNOS. The average Bonchev–Trinajstić information content (AvgIpc) is 2.19. The second kappa shape index (κ2) is 6.64. The number of thioether (sulfide) groups is 1. The molecule has 90 valence electrons. The smallest absolute Gasteiger partial charge is 0.0762 e. The fourth-order valence-electron chi connectivity index (χ4n) is 1.23. The topological polar surface area (TPSA) is 23.5 Å². The Balaban J connectivity index is 2.61. The van der Waals surface area contributed by atoms with Crippen LogP contribution in [0.15, 0.2) is 27.6 Å². The second-order valence-electron chi connectivity index (χ2n) is 4.02. The number of hydrogen-bond donors (Lipinski definition) is 1. The van der Waals surface area contributed by atoms with Gasteiger partial charge in [0.15, 0.2) is 0 Å². The Morgan fingerprint density at radius 1 is 1.44 bits per heavy atom. The van der Waals surface area contributed by atoms with Gasteiger partial charge in [0.25, 0.3) is 0 Å². The van der Waals surface area contributed by atoms with Crippen LogP contribution in [-0.2, 0) is 0 Å². The van der Waals surface area contributed by atoms with Gasteiger partial charge in [-0.3, -0.25) is 0 Å². The summed E-state index contributed by atoms with van der Waals surface area (Å²) in [4.78, 5) is 3.40. The standard InChI is InChI=1S/C12H18BrNOS/c1-9(15)10-4-5-12(11(13)8-10)16-7-6-14(2)3/h4-5,8-9,15H,6-7H2,1-3H3. The van der Waals surface area contributed by atoms with Gasteiger partial charge in [-0.15, -0.1) is 11.8 Å². The van der Waals surface area contributed by atoms with Crippen molar-refractivity contribution in [2.45, 2.75) is 17.9 Å². The average molecular weight is 304 g/mol. The van der Waals surface area contributed by atoms with Gasteiger partial charge in [0, 0.05) is 21.7 Å². The van der Waals surface area contributed by atoms with Crippen LogP contribution in [0.1, 0.15) is 18.6 Å². The third-order valence-corrected chi connectivity index (χ3v) is 4.21. The summed E-state index contributed by atoms with van der Waals surface area (Å²) in [5.74, 6) is 1.07. The zero-order valence-electron chi connectivity index (χ0n) is 9.90. The SMILES string of the molecule is CC(O)c1ccc(SCCN(C)C)c(Br)c1. The summed E-state index contributed by atoms with van der Waals surface area (Å²) in [6, 6.07) is 6.03. The van der Waals surface area contributed by atoms with E-state index in [1.807, 2.05) is 23.9 Å². The molecule has 1 rings (SSSR count). The number of aliphatic hydroxyl groups excluding tert-OH is 1. The number of hydrogen-bond acceptors (Lipinski definition) is 3. The molecule has 0 aromatic heterocycles. The summed E-state index contributed by atoms with van der Waals surface area (Å²) in [5.41, 5.74) is 0.948. The van der Waals surface area contributed by atoms with Crippen LogP contribution in [0, 0.1) is 0 Å². The summed E-state index contributed by atoms with van der Waals surface area (Å²) >= 11 is 5.36. The molecule has 0 saturated heterocycles. The maximum absolute atomic E-state index is 9.45. The van der Waals surface area contributed by atoms with E-state index in [0.29, 0.717) is 0 Å². The van der Waals surface area contributed by atoms with E-state index in [-0.39, 0.29) is 0 Å². The van der Waals surface area contributed by atoms with Crippen molar-refractivity contribution in [1.29, 1.82) is 0 Å². The molecule has 0 heterocycles. The van der Waals surface area contributed by atoms with Gasteiger partial charge < -0.3 is 10.0 Å². The van der Waals surface area contributed by atoms with E-state index in [1.165, 1.54) is 4.90 Å². The normalized spacial score (nSPS) is 13.1. The van der Waals surface area contributed by atoms with Crippen LogP contribution in [0.25, 0.3) is 0 Å². The highest BCUT2D eigenvalue weighted by molar-refractivity contribution is 9.10. The van der Waals surface area contributed by atoms with Crippen molar-refractivity contribution in [3.63, 3.8) is 0 Å². The number of nitrogens with zero attached hydrogens (tertiary/aromatic N) is 1. The Hall–Kier alpha value is -0.0300. The van der Waals surface area contributed by atoms with Crippen molar-refractivity contribution in [2.75, 3.05) is 26.4 Å². The first kappa shape index (κ1) is 14.0. The molecule has 1 aromatic carbocycles. The van der Waals surface area contributed by atoms with Gasteiger partial charge in [0.05, 0.1) is 6.10 Å². The Morgan fingerprint density at radius 3 is 2.62 bits per heavy atom. The lowest BCUT2D eigenvalue weighted by molar-refractivity contribution is 0.199. The molecule has 0 bridgehead atoms. The molecule has 0 fully saturated rings. The summed E-state index contributed by atoms with van der Waals surface area (Å²) in [6.07, 6.45) is -0.405. The highest BCUT2D eigenvalue weighted by Gasteiger charge is 2.05. The molecule has 1 N–H and O–H groups in total. The fourth-order valence-corrected chi connectivity index (χ4v) is 3.01. The van der Waals surface area contributed by atoms with E-state index in [0.717, 1.165) is 22.3 Å².